The lowest BCUT2D eigenvalue weighted by atomic mass is 9.99. The van der Waals surface area contributed by atoms with Crippen molar-refractivity contribution in [1.29, 1.82) is 0 Å². The average molecular weight is 415 g/mol. The number of amides is 2. The van der Waals surface area contributed by atoms with Gasteiger partial charge in [-0.3, -0.25) is 9.59 Å². The number of nitrogens with one attached hydrogen (secondary N) is 2. The van der Waals surface area contributed by atoms with E-state index in [9.17, 15) is 18.0 Å². The number of hydrogen-bond acceptors (Lipinski definition) is 5. The van der Waals surface area contributed by atoms with Crippen LogP contribution >= 0.6 is 0 Å². The lowest BCUT2D eigenvalue weighted by molar-refractivity contribution is -0.121. The number of para-hydroxylation sites is 1. The summed E-state index contributed by atoms with van der Waals surface area (Å²) in [6.07, 6.45) is 1.22. The molecule has 2 heterocycles. The van der Waals surface area contributed by atoms with Gasteiger partial charge in [0.15, 0.2) is 6.61 Å². The number of carbonyl (C=O) groups excluding carboxylic acids is 2. The molecular weight excluding hydrogens is 394 g/mol. The van der Waals surface area contributed by atoms with Crippen molar-refractivity contribution in [1.82, 2.24) is 4.31 Å². The molecular formula is C20H21N3O5S. The summed E-state index contributed by atoms with van der Waals surface area (Å²) >= 11 is 0. The molecule has 0 saturated carbocycles. The van der Waals surface area contributed by atoms with Crippen LogP contribution in [-0.2, 0) is 19.6 Å². The molecule has 2 amide bonds. The van der Waals surface area contributed by atoms with E-state index in [-0.39, 0.29) is 29.9 Å². The van der Waals surface area contributed by atoms with Crippen molar-refractivity contribution in [2.24, 2.45) is 5.92 Å². The summed E-state index contributed by atoms with van der Waals surface area (Å²) in [5.74, 6) is -0.522. The molecule has 0 spiro atoms. The molecule has 0 radical (unpaired) electrons. The van der Waals surface area contributed by atoms with Crippen LogP contribution < -0.4 is 15.4 Å². The summed E-state index contributed by atoms with van der Waals surface area (Å²) in [5.41, 5.74) is 1.01. The van der Waals surface area contributed by atoms with Crippen molar-refractivity contribution in [2.45, 2.75) is 17.7 Å². The Labute approximate surface area is 168 Å². The van der Waals surface area contributed by atoms with E-state index in [1.165, 1.54) is 22.5 Å². The van der Waals surface area contributed by atoms with Gasteiger partial charge >= 0.3 is 0 Å². The Kier molecular flexibility index (Phi) is 5.25. The van der Waals surface area contributed by atoms with Gasteiger partial charge in [-0.25, -0.2) is 8.42 Å². The summed E-state index contributed by atoms with van der Waals surface area (Å²) in [5, 5.41) is 5.46. The smallest absolute Gasteiger partial charge is 0.262 e. The Balaban J connectivity index is 1.50. The summed E-state index contributed by atoms with van der Waals surface area (Å²) < 4.78 is 32.9. The molecule has 2 aliphatic heterocycles. The standard InChI is InChI=1S/C20H21N3O5S/c24-19-13-28-18-9-8-16(11-17(18)22-19)29(26,27)23-10-4-5-14(12-23)20(25)21-15-6-2-1-3-7-15/h1-3,6-9,11,14H,4-5,10,12-13H2,(H,21,25)(H,22,24). The Hall–Kier alpha value is -2.91. The van der Waals surface area contributed by atoms with Gasteiger partial charge in [-0.2, -0.15) is 4.31 Å². The zero-order chi connectivity index (χ0) is 20.4. The third-order valence-corrected chi connectivity index (χ3v) is 6.88. The molecule has 1 unspecified atom stereocenters. The zero-order valence-corrected chi connectivity index (χ0v) is 16.4. The third-order valence-electron chi connectivity index (χ3n) is 5.02. The van der Waals surface area contributed by atoms with E-state index in [1.54, 1.807) is 12.1 Å². The number of hydrogen-bond donors (Lipinski definition) is 2. The number of benzene rings is 2. The maximum atomic E-state index is 13.1. The number of carbonyl (C=O) groups is 2. The highest BCUT2D eigenvalue weighted by Gasteiger charge is 2.34. The maximum absolute atomic E-state index is 13.1. The van der Waals surface area contributed by atoms with Crippen LogP contribution in [-0.4, -0.2) is 44.2 Å². The fourth-order valence-electron chi connectivity index (χ4n) is 3.51. The van der Waals surface area contributed by atoms with Gasteiger partial charge in [0.1, 0.15) is 5.75 Å². The van der Waals surface area contributed by atoms with Gasteiger partial charge < -0.3 is 15.4 Å². The molecule has 0 aromatic heterocycles. The molecule has 1 saturated heterocycles. The van der Waals surface area contributed by atoms with E-state index >= 15 is 0 Å². The van der Waals surface area contributed by atoms with Gasteiger partial charge in [-0.15, -0.1) is 0 Å². The molecule has 1 fully saturated rings. The highest BCUT2D eigenvalue weighted by Crippen LogP contribution is 2.32. The fourth-order valence-corrected chi connectivity index (χ4v) is 5.06. The highest BCUT2D eigenvalue weighted by molar-refractivity contribution is 7.89. The molecule has 4 rings (SSSR count). The van der Waals surface area contributed by atoms with E-state index in [0.717, 1.165) is 0 Å². The van der Waals surface area contributed by atoms with Crippen LogP contribution in [0.15, 0.2) is 53.4 Å². The molecule has 0 bridgehead atoms. The second-order valence-electron chi connectivity index (χ2n) is 7.05. The van der Waals surface area contributed by atoms with E-state index in [2.05, 4.69) is 10.6 Å². The van der Waals surface area contributed by atoms with E-state index in [0.29, 0.717) is 36.5 Å². The summed E-state index contributed by atoms with van der Waals surface area (Å²) in [6, 6.07) is 13.5. The van der Waals surface area contributed by atoms with Crippen LogP contribution in [0.3, 0.4) is 0 Å². The minimum atomic E-state index is -3.81. The fraction of sp³-hybridized carbons (Fsp3) is 0.300. The predicted molar refractivity (Wildman–Crippen MR) is 107 cm³/mol. The van der Waals surface area contributed by atoms with E-state index in [1.807, 2.05) is 18.2 Å². The van der Waals surface area contributed by atoms with Crippen molar-refractivity contribution in [2.75, 3.05) is 30.3 Å². The summed E-state index contributed by atoms with van der Waals surface area (Å²) in [7, 11) is -3.81. The molecule has 29 heavy (non-hydrogen) atoms. The van der Waals surface area contributed by atoms with Crippen molar-refractivity contribution in [3.8, 4) is 5.75 Å². The second-order valence-corrected chi connectivity index (χ2v) is 8.99. The first-order chi connectivity index (χ1) is 13.9. The van der Waals surface area contributed by atoms with Gasteiger partial charge in [-0.1, -0.05) is 18.2 Å². The molecule has 2 aliphatic rings. The van der Waals surface area contributed by atoms with Crippen LogP contribution in [0.25, 0.3) is 0 Å². The number of nitrogens with zero attached hydrogens (tertiary/aromatic N) is 1. The number of fused-ring (bicyclic) bond motifs is 1. The highest BCUT2D eigenvalue weighted by atomic mass is 32.2. The van der Waals surface area contributed by atoms with Crippen LogP contribution in [0, 0.1) is 5.92 Å². The molecule has 2 N–H and O–H groups in total. The van der Waals surface area contributed by atoms with Crippen LogP contribution in [0.2, 0.25) is 0 Å². The van der Waals surface area contributed by atoms with E-state index < -0.39 is 15.9 Å². The minimum Gasteiger partial charge on any atom is -0.482 e. The van der Waals surface area contributed by atoms with Crippen molar-refractivity contribution in [3.63, 3.8) is 0 Å². The van der Waals surface area contributed by atoms with Crippen molar-refractivity contribution >= 4 is 33.2 Å². The topological polar surface area (TPSA) is 105 Å². The number of ether oxygens (including phenoxy) is 1. The van der Waals surface area contributed by atoms with Gasteiger partial charge in [0.05, 0.1) is 16.5 Å². The number of anilines is 2. The lowest BCUT2D eigenvalue weighted by Crippen LogP contribution is -2.43. The Morgan fingerprint density at radius 1 is 1.17 bits per heavy atom. The quantitative estimate of drug-likeness (QED) is 0.795. The van der Waals surface area contributed by atoms with Crippen LogP contribution in [0.4, 0.5) is 11.4 Å². The number of rotatable bonds is 4. The normalized spacial score (nSPS) is 19.6. The monoisotopic (exact) mass is 415 g/mol. The predicted octanol–water partition coefficient (Wildman–Crippen LogP) is 2.06. The molecule has 9 heteroatoms. The maximum Gasteiger partial charge on any atom is 0.262 e. The van der Waals surface area contributed by atoms with Crippen LogP contribution in [0.5, 0.6) is 5.75 Å². The van der Waals surface area contributed by atoms with Gasteiger partial charge in [-0.05, 0) is 43.2 Å². The summed E-state index contributed by atoms with van der Waals surface area (Å²) in [4.78, 5) is 24.2. The number of piperidine rings is 1. The van der Waals surface area contributed by atoms with Gasteiger partial charge in [0.2, 0.25) is 15.9 Å². The first kappa shape index (κ1) is 19.4. The third kappa shape index (κ3) is 4.10. The van der Waals surface area contributed by atoms with Crippen molar-refractivity contribution in [3.05, 3.63) is 48.5 Å². The molecule has 1 atom stereocenters. The van der Waals surface area contributed by atoms with Gasteiger partial charge in [0.25, 0.3) is 5.91 Å². The van der Waals surface area contributed by atoms with Crippen LogP contribution in [0.1, 0.15) is 12.8 Å². The Bertz CT molecular complexity index is 1040. The first-order valence-electron chi connectivity index (χ1n) is 9.36. The SMILES string of the molecule is O=C1COc2ccc(S(=O)(=O)N3CCCC(C(=O)Nc4ccccc4)C3)cc2N1. The molecule has 152 valence electrons. The molecule has 8 nitrogen and oxygen atoms in total. The lowest BCUT2D eigenvalue weighted by Gasteiger charge is -2.31. The van der Waals surface area contributed by atoms with E-state index in [4.69, 9.17) is 4.74 Å². The molecule has 0 aliphatic carbocycles. The molecule has 2 aromatic rings. The number of sulfonamides is 1. The van der Waals surface area contributed by atoms with Crippen molar-refractivity contribution < 1.29 is 22.7 Å². The largest absolute Gasteiger partial charge is 0.482 e. The second kappa shape index (κ2) is 7.84. The van der Waals surface area contributed by atoms with Gasteiger partial charge in [0, 0.05) is 18.8 Å². The summed E-state index contributed by atoms with van der Waals surface area (Å²) in [6.45, 7) is 0.363. The molecule has 2 aromatic carbocycles. The Morgan fingerprint density at radius 2 is 1.97 bits per heavy atom. The first-order valence-corrected chi connectivity index (χ1v) is 10.8. The zero-order valence-electron chi connectivity index (χ0n) is 15.6. The average Bonchev–Trinajstić information content (AvgIpc) is 2.74. The minimum absolute atomic E-state index is 0.0613. The Morgan fingerprint density at radius 3 is 2.76 bits per heavy atom.